The number of ether oxygens (including phenoxy) is 1. The van der Waals surface area contributed by atoms with Crippen LogP contribution in [0.4, 0.5) is 5.82 Å². The summed E-state index contributed by atoms with van der Waals surface area (Å²) in [5.74, 6) is -0.163. The molecule has 1 N–H and O–H groups in total. The van der Waals surface area contributed by atoms with Gasteiger partial charge < -0.3 is 10.1 Å². The van der Waals surface area contributed by atoms with E-state index in [4.69, 9.17) is 27.9 Å². The Balaban J connectivity index is 2.37. The van der Waals surface area contributed by atoms with Gasteiger partial charge in [-0.25, -0.2) is 4.98 Å². The molecule has 0 aliphatic carbocycles. The van der Waals surface area contributed by atoms with Gasteiger partial charge in [0.15, 0.2) is 5.82 Å². The van der Waals surface area contributed by atoms with Gasteiger partial charge in [0, 0.05) is 6.20 Å². The molecule has 0 aliphatic rings. The van der Waals surface area contributed by atoms with Gasteiger partial charge in [0.2, 0.25) is 5.91 Å². The molecule has 1 aromatic rings. The van der Waals surface area contributed by atoms with Gasteiger partial charge in [0.05, 0.1) is 28.2 Å². The van der Waals surface area contributed by atoms with Crippen LogP contribution in [0.15, 0.2) is 12.3 Å². The predicted molar refractivity (Wildman–Crippen MR) is 76.8 cm³/mol. The number of carbonyl (C=O) groups excluding carboxylic acids is 2. The van der Waals surface area contributed by atoms with Crippen molar-refractivity contribution in [2.75, 3.05) is 23.4 Å². The number of halogens is 2. The van der Waals surface area contributed by atoms with E-state index < -0.39 is 0 Å². The fourth-order valence-electron chi connectivity index (χ4n) is 1.10. The number of rotatable bonds is 6. The first-order chi connectivity index (χ1) is 9.02. The minimum atomic E-state index is -0.344. The summed E-state index contributed by atoms with van der Waals surface area (Å²) in [7, 11) is 0. The third-order valence-electron chi connectivity index (χ3n) is 1.82. The zero-order chi connectivity index (χ0) is 14.3. The van der Waals surface area contributed by atoms with Gasteiger partial charge in [-0.3, -0.25) is 9.59 Å². The molecule has 0 spiro atoms. The van der Waals surface area contributed by atoms with Crippen molar-refractivity contribution in [3.63, 3.8) is 0 Å². The van der Waals surface area contributed by atoms with Gasteiger partial charge in [-0.15, -0.1) is 11.8 Å². The minimum absolute atomic E-state index is 0.111. The van der Waals surface area contributed by atoms with Crippen molar-refractivity contribution in [3.8, 4) is 0 Å². The zero-order valence-corrected chi connectivity index (χ0v) is 12.4. The third kappa shape index (κ3) is 6.13. The van der Waals surface area contributed by atoms with Crippen molar-refractivity contribution in [1.29, 1.82) is 0 Å². The topological polar surface area (TPSA) is 68.3 Å². The summed E-state index contributed by atoms with van der Waals surface area (Å²) in [5, 5.41) is 3.18. The van der Waals surface area contributed by atoms with E-state index in [1.54, 1.807) is 6.92 Å². The Bertz CT molecular complexity index is 471. The highest BCUT2D eigenvalue weighted by Crippen LogP contribution is 2.22. The van der Waals surface area contributed by atoms with Crippen LogP contribution in [0.3, 0.4) is 0 Å². The van der Waals surface area contributed by atoms with Gasteiger partial charge in [0.1, 0.15) is 0 Å². The van der Waals surface area contributed by atoms with E-state index >= 15 is 0 Å². The first-order valence-electron chi connectivity index (χ1n) is 5.37. The summed E-state index contributed by atoms with van der Waals surface area (Å²) >= 11 is 12.7. The van der Waals surface area contributed by atoms with Gasteiger partial charge in [-0.2, -0.15) is 0 Å². The summed E-state index contributed by atoms with van der Waals surface area (Å²) in [5.41, 5.74) is 0. The Morgan fingerprint density at radius 3 is 2.79 bits per heavy atom. The van der Waals surface area contributed by atoms with E-state index in [9.17, 15) is 9.59 Å². The number of esters is 1. The van der Waals surface area contributed by atoms with Gasteiger partial charge in [0.25, 0.3) is 0 Å². The number of thioether (sulfide) groups is 1. The van der Waals surface area contributed by atoms with Crippen LogP contribution in [0.5, 0.6) is 0 Å². The highest BCUT2D eigenvalue weighted by Gasteiger charge is 2.09. The second-order valence-electron chi connectivity index (χ2n) is 3.33. The molecule has 0 saturated carbocycles. The van der Waals surface area contributed by atoms with Crippen LogP contribution in [0.25, 0.3) is 0 Å². The fourth-order valence-corrected chi connectivity index (χ4v) is 2.14. The number of pyridine rings is 1. The molecule has 0 radical (unpaired) electrons. The maximum Gasteiger partial charge on any atom is 0.315 e. The first-order valence-corrected chi connectivity index (χ1v) is 7.28. The summed E-state index contributed by atoms with van der Waals surface area (Å²) in [4.78, 5) is 26.5. The number of nitrogens with one attached hydrogen (secondary N) is 1. The molecule has 0 saturated heterocycles. The first kappa shape index (κ1) is 16.1. The Labute approximate surface area is 125 Å². The Morgan fingerprint density at radius 2 is 2.16 bits per heavy atom. The van der Waals surface area contributed by atoms with Crippen LogP contribution in [-0.2, 0) is 14.3 Å². The normalized spacial score (nSPS) is 10.1. The lowest BCUT2D eigenvalue weighted by atomic mass is 10.4. The molecule has 1 rings (SSSR count). The van der Waals surface area contributed by atoms with Crippen molar-refractivity contribution in [1.82, 2.24) is 4.98 Å². The summed E-state index contributed by atoms with van der Waals surface area (Å²) in [6.45, 7) is 2.05. The number of nitrogens with zero attached hydrogens (tertiary/aromatic N) is 1. The lowest BCUT2D eigenvalue weighted by Crippen LogP contribution is -2.17. The molecule has 0 unspecified atom stereocenters. The van der Waals surface area contributed by atoms with Crippen molar-refractivity contribution < 1.29 is 14.3 Å². The highest BCUT2D eigenvalue weighted by molar-refractivity contribution is 8.00. The van der Waals surface area contributed by atoms with Crippen molar-refractivity contribution in [3.05, 3.63) is 22.3 Å². The SMILES string of the molecule is CCOC(=O)CSCC(=O)Nc1ncc(Cl)cc1Cl. The molecule has 0 aliphatic heterocycles. The maximum atomic E-state index is 11.6. The molecule has 0 fully saturated rings. The summed E-state index contributed by atoms with van der Waals surface area (Å²) < 4.78 is 4.73. The summed E-state index contributed by atoms with van der Waals surface area (Å²) in [6, 6.07) is 1.48. The molecule has 0 atom stereocenters. The largest absolute Gasteiger partial charge is 0.465 e. The smallest absolute Gasteiger partial charge is 0.315 e. The number of carbonyl (C=O) groups is 2. The monoisotopic (exact) mass is 322 g/mol. The molecule has 1 heterocycles. The number of anilines is 1. The van der Waals surface area contributed by atoms with E-state index in [1.807, 2.05) is 0 Å². The molecule has 19 heavy (non-hydrogen) atoms. The lowest BCUT2D eigenvalue weighted by Gasteiger charge is -2.06. The average molecular weight is 323 g/mol. The van der Waals surface area contributed by atoms with Crippen LogP contribution >= 0.6 is 35.0 Å². The van der Waals surface area contributed by atoms with E-state index in [0.29, 0.717) is 11.6 Å². The molecule has 0 aromatic carbocycles. The standard InChI is InChI=1S/C11H12Cl2N2O3S/c1-2-18-10(17)6-19-5-9(16)15-11-8(13)3-7(12)4-14-11/h3-4H,2,5-6H2,1H3,(H,14,15,16). The Morgan fingerprint density at radius 1 is 1.42 bits per heavy atom. The lowest BCUT2D eigenvalue weighted by molar-refractivity contribution is -0.139. The van der Waals surface area contributed by atoms with Gasteiger partial charge in [-0.1, -0.05) is 23.2 Å². The van der Waals surface area contributed by atoms with Crippen molar-refractivity contribution in [2.24, 2.45) is 0 Å². The van der Waals surface area contributed by atoms with Gasteiger partial charge in [-0.05, 0) is 13.0 Å². The van der Waals surface area contributed by atoms with E-state index in [-0.39, 0.29) is 34.2 Å². The minimum Gasteiger partial charge on any atom is -0.465 e. The molecule has 104 valence electrons. The van der Waals surface area contributed by atoms with Crippen LogP contribution in [-0.4, -0.2) is 35.0 Å². The molecule has 8 heteroatoms. The molecule has 1 aromatic heterocycles. The second-order valence-corrected chi connectivity index (χ2v) is 5.16. The number of amides is 1. The van der Waals surface area contributed by atoms with Crippen LogP contribution < -0.4 is 5.32 Å². The number of hydrogen-bond acceptors (Lipinski definition) is 5. The number of aromatic nitrogens is 1. The predicted octanol–water partition coefficient (Wildman–Crippen LogP) is 2.62. The van der Waals surface area contributed by atoms with E-state index in [1.165, 1.54) is 12.3 Å². The summed E-state index contributed by atoms with van der Waals surface area (Å²) in [6.07, 6.45) is 1.38. The van der Waals surface area contributed by atoms with Crippen LogP contribution in [0.2, 0.25) is 10.0 Å². The molecule has 0 bridgehead atoms. The number of hydrogen-bond donors (Lipinski definition) is 1. The highest BCUT2D eigenvalue weighted by atomic mass is 35.5. The maximum absolute atomic E-state index is 11.6. The van der Waals surface area contributed by atoms with Gasteiger partial charge >= 0.3 is 5.97 Å². The van der Waals surface area contributed by atoms with Crippen LogP contribution in [0, 0.1) is 0 Å². The van der Waals surface area contributed by atoms with Crippen molar-refractivity contribution in [2.45, 2.75) is 6.92 Å². The molecule has 1 amide bonds. The average Bonchev–Trinajstić information content (AvgIpc) is 2.33. The molecular formula is C11H12Cl2N2O3S. The van der Waals surface area contributed by atoms with Crippen LogP contribution in [0.1, 0.15) is 6.92 Å². The Hall–Kier alpha value is -0.980. The molecule has 5 nitrogen and oxygen atoms in total. The second kappa shape index (κ2) is 8.24. The van der Waals surface area contributed by atoms with Crippen molar-refractivity contribution >= 4 is 52.7 Å². The quantitative estimate of drug-likeness (QED) is 0.815. The van der Waals surface area contributed by atoms with E-state index in [0.717, 1.165) is 11.8 Å². The zero-order valence-electron chi connectivity index (χ0n) is 10.1. The fraction of sp³-hybridized carbons (Fsp3) is 0.364. The molecular weight excluding hydrogens is 311 g/mol. The third-order valence-corrected chi connectivity index (χ3v) is 3.22. The van der Waals surface area contributed by atoms with E-state index in [2.05, 4.69) is 10.3 Å². The Kier molecular flexibility index (Phi) is 6.97.